The Kier molecular flexibility index (Phi) is 4.72. The summed E-state index contributed by atoms with van der Waals surface area (Å²) in [5.74, 6) is -1.07. The molecular formula is C11H14N2O5S. The SMILES string of the molecule is O=C(NCC1COCCO1)Nc1sccc1C(=O)O. The molecule has 0 aromatic carbocycles. The van der Waals surface area contributed by atoms with E-state index in [9.17, 15) is 9.59 Å². The van der Waals surface area contributed by atoms with Crippen molar-refractivity contribution in [2.24, 2.45) is 0 Å². The summed E-state index contributed by atoms with van der Waals surface area (Å²) in [6, 6.07) is 0.986. The summed E-state index contributed by atoms with van der Waals surface area (Å²) in [5.41, 5.74) is 0.0809. The Hall–Kier alpha value is -1.64. The molecule has 0 radical (unpaired) electrons. The Labute approximate surface area is 113 Å². The van der Waals surface area contributed by atoms with E-state index in [0.29, 0.717) is 31.4 Å². The van der Waals surface area contributed by atoms with Crippen LogP contribution in [0.5, 0.6) is 0 Å². The highest BCUT2D eigenvalue weighted by Crippen LogP contribution is 2.22. The van der Waals surface area contributed by atoms with Crippen LogP contribution in [0.15, 0.2) is 11.4 Å². The molecule has 1 atom stereocenters. The number of carboxylic acid groups (broad SMARTS) is 1. The van der Waals surface area contributed by atoms with Crippen molar-refractivity contribution in [2.75, 3.05) is 31.7 Å². The monoisotopic (exact) mass is 286 g/mol. The van der Waals surface area contributed by atoms with Crippen LogP contribution in [0.1, 0.15) is 10.4 Å². The fraction of sp³-hybridized carbons (Fsp3) is 0.455. The van der Waals surface area contributed by atoms with Crippen LogP contribution in [0.3, 0.4) is 0 Å². The summed E-state index contributed by atoms with van der Waals surface area (Å²) in [6.45, 7) is 1.85. The number of hydrogen-bond acceptors (Lipinski definition) is 5. The predicted molar refractivity (Wildman–Crippen MR) is 68.9 cm³/mol. The van der Waals surface area contributed by atoms with Gasteiger partial charge in [0, 0.05) is 6.54 Å². The number of anilines is 1. The normalized spacial score (nSPS) is 18.8. The van der Waals surface area contributed by atoms with E-state index >= 15 is 0 Å². The molecule has 2 heterocycles. The summed E-state index contributed by atoms with van der Waals surface area (Å²) < 4.78 is 10.6. The average Bonchev–Trinajstić information content (AvgIpc) is 2.86. The quantitative estimate of drug-likeness (QED) is 0.766. The van der Waals surface area contributed by atoms with Crippen LogP contribution >= 0.6 is 11.3 Å². The van der Waals surface area contributed by atoms with Crippen LogP contribution in [-0.2, 0) is 9.47 Å². The average molecular weight is 286 g/mol. The first-order valence-electron chi connectivity index (χ1n) is 5.72. The van der Waals surface area contributed by atoms with Crippen molar-refractivity contribution in [3.8, 4) is 0 Å². The van der Waals surface area contributed by atoms with Gasteiger partial charge in [0.05, 0.1) is 31.5 Å². The number of hydrogen-bond donors (Lipinski definition) is 3. The zero-order chi connectivity index (χ0) is 13.7. The molecule has 0 saturated carbocycles. The smallest absolute Gasteiger partial charge is 0.338 e. The third-order valence-electron chi connectivity index (χ3n) is 2.50. The van der Waals surface area contributed by atoms with Crippen molar-refractivity contribution < 1.29 is 24.2 Å². The lowest BCUT2D eigenvalue weighted by molar-refractivity contribution is -0.0852. The molecule has 1 aliphatic heterocycles. The van der Waals surface area contributed by atoms with Gasteiger partial charge in [-0.25, -0.2) is 9.59 Å². The second-order valence-corrected chi connectivity index (χ2v) is 4.79. The molecule has 19 heavy (non-hydrogen) atoms. The van der Waals surface area contributed by atoms with Crippen LogP contribution in [0.25, 0.3) is 0 Å². The van der Waals surface area contributed by atoms with Gasteiger partial charge in [-0.3, -0.25) is 5.32 Å². The molecule has 7 nitrogen and oxygen atoms in total. The Morgan fingerprint density at radius 1 is 1.47 bits per heavy atom. The lowest BCUT2D eigenvalue weighted by Gasteiger charge is -2.23. The highest BCUT2D eigenvalue weighted by Gasteiger charge is 2.17. The van der Waals surface area contributed by atoms with Gasteiger partial charge in [0.1, 0.15) is 5.00 Å². The van der Waals surface area contributed by atoms with E-state index in [2.05, 4.69) is 10.6 Å². The predicted octanol–water partition coefficient (Wildman–Crippen LogP) is 0.983. The molecule has 1 unspecified atom stereocenters. The topological polar surface area (TPSA) is 96.9 Å². The molecule has 1 aromatic heterocycles. The first-order valence-corrected chi connectivity index (χ1v) is 6.60. The van der Waals surface area contributed by atoms with Gasteiger partial charge in [-0.2, -0.15) is 0 Å². The van der Waals surface area contributed by atoms with Crippen LogP contribution in [-0.4, -0.2) is 49.6 Å². The molecule has 1 aliphatic rings. The summed E-state index contributed by atoms with van der Waals surface area (Å²) >= 11 is 1.16. The van der Waals surface area contributed by atoms with E-state index in [-0.39, 0.29) is 11.7 Å². The number of carbonyl (C=O) groups is 2. The third kappa shape index (κ3) is 3.91. The van der Waals surface area contributed by atoms with Crippen molar-refractivity contribution in [1.82, 2.24) is 5.32 Å². The van der Waals surface area contributed by atoms with Crippen LogP contribution in [0.4, 0.5) is 9.80 Å². The van der Waals surface area contributed by atoms with Gasteiger partial charge in [-0.05, 0) is 11.4 Å². The van der Waals surface area contributed by atoms with Gasteiger partial charge in [0.2, 0.25) is 0 Å². The second-order valence-electron chi connectivity index (χ2n) is 3.87. The zero-order valence-electron chi connectivity index (χ0n) is 10.0. The molecule has 3 N–H and O–H groups in total. The van der Waals surface area contributed by atoms with Gasteiger partial charge < -0.3 is 19.9 Å². The summed E-state index contributed by atoms with van der Waals surface area (Å²) in [4.78, 5) is 22.5. The molecule has 1 aromatic rings. The number of nitrogens with one attached hydrogen (secondary N) is 2. The number of urea groups is 1. The van der Waals surface area contributed by atoms with Crippen molar-refractivity contribution in [3.63, 3.8) is 0 Å². The molecule has 0 spiro atoms. The highest BCUT2D eigenvalue weighted by atomic mass is 32.1. The Morgan fingerprint density at radius 3 is 3.00 bits per heavy atom. The van der Waals surface area contributed by atoms with Crippen molar-refractivity contribution in [1.29, 1.82) is 0 Å². The van der Waals surface area contributed by atoms with E-state index in [1.807, 2.05) is 0 Å². The van der Waals surface area contributed by atoms with Crippen molar-refractivity contribution in [2.45, 2.75) is 6.10 Å². The number of carboxylic acids is 1. The van der Waals surface area contributed by atoms with Crippen molar-refractivity contribution in [3.05, 3.63) is 17.0 Å². The number of aromatic carboxylic acids is 1. The van der Waals surface area contributed by atoms with Gasteiger partial charge in [-0.15, -0.1) is 11.3 Å². The van der Waals surface area contributed by atoms with E-state index in [4.69, 9.17) is 14.6 Å². The first kappa shape index (κ1) is 13.8. The van der Waals surface area contributed by atoms with Gasteiger partial charge in [0.25, 0.3) is 0 Å². The van der Waals surface area contributed by atoms with Gasteiger partial charge in [0.15, 0.2) is 0 Å². The van der Waals surface area contributed by atoms with E-state index in [1.165, 1.54) is 6.07 Å². The minimum atomic E-state index is -1.07. The molecule has 8 heteroatoms. The fourth-order valence-corrected chi connectivity index (χ4v) is 2.36. The molecule has 0 aliphatic carbocycles. The number of amides is 2. The van der Waals surface area contributed by atoms with E-state index in [0.717, 1.165) is 11.3 Å². The minimum absolute atomic E-state index is 0.0809. The molecule has 2 amide bonds. The van der Waals surface area contributed by atoms with E-state index < -0.39 is 12.0 Å². The second kappa shape index (κ2) is 6.50. The van der Waals surface area contributed by atoms with Gasteiger partial charge in [-0.1, -0.05) is 0 Å². The number of thiophene rings is 1. The molecule has 1 fully saturated rings. The first-order chi connectivity index (χ1) is 9.16. The zero-order valence-corrected chi connectivity index (χ0v) is 10.9. The molecule has 0 bridgehead atoms. The number of rotatable bonds is 4. The van der Waals surface area contributed by atoms with Crippen molar-refractivity contribution >= 4 is 28.3 Å². The number of ether oxygens (including phenoxy) is 2. The van der Waals surface area contributed by atoms with Crippen LogP contribution in [0.2, 0.25) is 0 Å². The van der Waals surface area contributed by atoms with E-state index in [1.54, 1.807) is 5.38 Å². The maximum Gasteiger partial charge on any atom is 0.338 e. The maximum absolute atomic E-state index is 11.6. The number of carbonyl (C=O) groups excluding carboxylic acids is 1. The van der Waals surface area contributed by atoms with Crippen LogP contribution < -0.4 is 10.6 Å². The molecule has 1 saturated heterocycles. The molecule has 104 valence electrons. The third-order valence-corrected chi connectivity index (χ3v) is 3.33. The Morgan fingerprint density at radius 2 is 2.32 bits per heavy atom. The summed E-state index contributed by atoms with van der Waals surface area (Å²) in [7, 11) is 0. The lowest BCUT2D eigenvalue weighted by Crippen LogP contribution is -2.41. The van der Waals surface area contributed by atoms with Crippen LogP contribution in [0, 0.1) is 0 Å². The minimum Gasteiger partial charge on any atom is -0.478 e. The molecular weight excluding hydrogens is 272 g/mol. The Balaban J connectivity index is 1.80. The maximum atomic E-state index is 11.6. The van der Waals surface area contributed by atoms with Gasteiger partial charge >= 0.3 is 12.0 Å². The lowest BCUT2D eigenvalue weighted by atomic mass is 10.3. The summed E-state index contributed by atoms with van der Waals surface area (Å²) in [6.07, 6.45) is -0.165. The highest BCUT2D eigenvalue weighted by molar-refractivity contribution is 7.14. The largest absolute Gasteiger partial charge is 0.478 e. The fourth-order valence-electron chi connectivity index (χ4n) is 1.58. The summed E-state index contributed by atoms with van der Waals surface area (Å²) in [5, 5.41) is 15.9. The Bertz CT molecular complexity index is 456. The molecule has 2 rings (SSSR count). The standard InChI is InChI=1S/C11H14N2O5S/c14-10(15)8-1-4-19-9(8)13-11(16)12-5-7-6-17-2-3-18-7/h1,4,7H,2-3,5-6H2,(H,14,15)(H2,12,13,16).